The normalized spacial score (nSPS) is 18.2. The molecule has 0 aliphatic heterocycles. The Bertz CT molecular complexity index is 449. The van der Waals surface area contributed by atoms with Gasteiger partial charge in [0.05, 0.1) is 6.20 Å². The van der Waals surface area contributed by atoms with Gasteiger partial charge in [0.1, 0.15) is 23.6 Å². The first-order valence-electron chi connectivity index (χ1n) is 6.31. The van der Waals surface area contributed by atoms with Crippen LogP contribution in [0.2, 0.25) is 0 Å². The van der Waals surface area contributed by atoms with Crippen molar-refractivity contribution in [3.05, 3.63) is 17.6 Å². The molecule has 0 spiro atoms. The van der Waals surface area contributed by atoms with Gasteiger partial charge in [-0.2, -0.15) is 5.26 Å². The summed E-state index contributed by atoms with van der Waals surface area (Å²) in [6.45, 7) is 0. The smallest absolute Gasteiger partial charge is 0.159 e. The van der Waals surface area contributed by atoms with Crippen LogP contribution in [0.25, 0.3) is 0 Å². The molecule has 2 N–H and O–H groups in total. The van der Waals surface area contributed by atoms with E-state index in [9.17, 15) is 0 Å². The van der Waals surface area contributed by atoms with Crippen LogP contribution in [0.5, 0.6) is 0 Å². The van der Waals surface area contributed by atoms with Crippen LogP contribution in [-0.2, 0) is 4.74 Å². The summed E-state index contributed by atoms with van der Waals surface area (Å²) in [5, 5.41) is 8.81. The number of aromatic nitrogens is 2. The second-order valence-electron chi connectivity index (χ2n) is 4.69. The highest BCUT2D eigenvalue weighted by molar-refractivity contribution is 5.46. The predicted octanol–water partition coefficient (Wildman–Crippen LogP) is 2.20. The molecule has 1 aromatic heterocycles. The van der Waals surface area contributed by atoms with Crippen molar-refractivity contribution in [1.82, 2.24) is 9.97 Å². The molecule has 0 bridgehead atoms. The quantitative estimate of drug-likeness (QED) is 0.883. The number of nitrogens with two attached hydrogens (primary N) is 1. The van der Waals surface area contributed by atoms with Gasteiger partial charge in [0, 0.05) is 7.11 Å². The van der Waals surface area contributed by atoms with E-state index in [1.165, 1.54) is 25.5 Å². The number of methoxy groups -OCH3 is 1. The average Bonchev–Trinajstić information content (AvgIpc) is 2.41. The first kappa shape index (κ1) is 12.8. The van der Waals surface area contributed by atoms with E-state index in [1.54, 1.807) is 7.11 Å². The number of anilines is 1. The zero-order chi connectivity index (χ0) is 13.0. The van der Waals surface area contributed by atoms with Crippen molar-refractivity contribution >= 4 is 5.82 Å². The molecule has 0 saturated heterocycles. The Morgan fingerprint density at radius 2 is 2.17 bits per heavy atom. The molecule has 0 amide bonds. The topological polar surface area (TPSA) is 84.8 Å². The molecule has 0 radical (unpaired) electrons. The minimum Gasteiger partial charge on any atom is -0.382 e. The van der Waals surface area contributed by atoms with Gasteiger partial charge < -0.3 is 10.5 Å². The Labute approximate surface area is 107 Å². The Balaban J connectivity index is 2.21. The van der Waals surface area contributed by atoms with Crippen molar-refractivity contribution in [3.8, 4) is 6.07 Å². The molecule has 1 unspecified atom stereocenters. The number of hydrogen-bond acceptors (Lipinski definition) is 5. The van der Waals surface area contributed by atoms with E-state index < -0.39 is 0 Å². The highest BCUT2D eigenvalue weighted by atomic mass is 16.5. The van der Waals surface area contributed by atoms with Gasteiger partial charge in [0.2, 0.25) is 0 Å². The second-order valence-corrected chi connectivity index (χ2v) is 4.69. The third kappa shape index (κ3) is 2.59. The van der Waals surface area contributed by atoms with Crippen LogP contribution in [0.1, 0.15) is 49.6 Å². The molecule has 5 heteroatoms. The Hall–Kier alpha value is -1.67. The van der Waals surface area contributed by atoms with Crippen LogP contribution in [-0.4, -0.2) is 17.1 Å². The molecule has 1 aromatic rings. The molecular weight excluding hydrogens is 228 g/mol. The monoisotopic (exact) mass is 246 g/mol. The fraction of sp³-hybridized carbons (Fsp3) is 0.615. The highest BCUT2D eigenvalue weighted by Crippen LogP contribution is 2.35. The van der Waals surface area contributed by atoms with Gasteiger partial charge in [-0.25, -0.2) is 9.97 Å². The van der Waals surface area contributed by atoms with E-state index in [4.69, 9.17) is 15.7 Å². The summed E-state index contributed by atoms with van der Waals surface area (Å²) in [5.41, 5.74) is 6.04. The van der Waals surface area contributed by atoms with Gasteiger partial charge >= 0.3 is 0 Å². The molecule has 0 aromatic carbocycles. The number of nitrogen functional groups attached to an aromatic ring is 1. The number of hydrogen-bond donors (Lipinski definition) is 1. The molecule has 1 aliphatic rings. The molecular formula is C13H18N4O. The maximum atomic E-state index is 8.81. The van der Waals surface area contributed by atoms with Crippen LogP contribution in [0.3, 0.4) is 0 Å². The minimum absolute atomic E-state index is 0.111. The standard InChI is InChI=1S/C13H18N4O/c1-18-11(9-5-3-2-4-6-9)13-16-8-10(7-14)12(15)17-13/h8-9,11H,2-6H2,1H3,(H2,15,16,17). The van der Waals surface area contributed by atoms with Gasteiger partial charge in [0.15, 0.2) is 5.82 Å². The first-order chi connectivity index (χ1) is 8.76. The third-order valence-electron chi connectivity index (χ3n) is 3.54. The molecule has 18 heavy (non-hydrogen) atoms. The zero-order valence-electron chi connectivity index (χ0n) is 10.6. The third-order valence-corrected chi connectivity index (χ3v) is 3.54. The minimum atomic E-state index is -0.111. The van der Waals surface area contributed by atoms with Gasteiger partial charge in [-0.05, 0) is 18.8 Å². The van der Waals surface area contributed by atoms with Crippen molar-refractivity contribution < 1.29 is 4.74 Å². The van der Waals surface area contributed by atoms with Crippen LogP contribution >= 0.6 is 0 Å². The van der Waals surface area contributed by atoms with E-state index in [0.717, 1.165) is 12.8 Å². The molecule has 2 rings (SSSR count). The van der Waals surface area contributed by atoms with E-state index in [2.05, 4.69) is 9.97 Å². The van der Waals surface area contributed by atoms with Crippen LogP contribution in [0.15, 0.2) is 6.20 Å². The summed E-state index contributed by atoms with van der Waals surface area (Å²) in [5.74, 6) is 1.29. The summed E-state index contributed by atoms with van der Waals surface area (Å²) in [6, 6.07) is 1.97. The van der Waals surface area contributed by atoms with Crippen LogP contribution in [0.4, 0.5) is 5.82 Å². The van der Waals surface area contributed by atoms with Crippen molar-refractivity contribution in [2.45, 2.75) is 38.2 Å². The molecule has 5 nitrogen and oxygen atoms in total. The lowest BCUT2D eigenvalue weighted by atomic mass is 9.85. The van der Waals surface area contributed by atoms with Gasteiger partial charge in [-0.15, -0.1) is 0 Å². The van der Waals surface area contributed by atoms with Crippen LogP contribution < -0.4 is 5.73 Å². The van der Waals surface area contributed by atoms with Crippen molar-refractivity contribution in [3.63, 3.8) is 0 Å². The fourth-order valence-electron chi connectivity index (χ4n) is 2.58. The van der Waals surface area contributed by atoms with E-state index in [-0.39, 0.29) is 11.9 Å². The number of nitrogens with zero attached hydrogens (tertiary/aromatic N) is 3. The second kappa shape index (κ2) is 5.78. The zero-order valence-corrected chi connectivity index (χ0v) is 10.6. The van der Waals surface area contributed by atoms with Gasteiger partial charge in [-0.1, -0.05) is 19.3 Å². The Morgan fingerprint density at radius 1 is 1.44 bits per heavy atom. The maximum absolute atomic E-state index is 8.81. The maximum Gasteiger partial charge on any atom is 0.159 e. The lowest BCUT2D eigenvalue weighted by Gasteiger charge is -2.28. The molecule has 1 saturated carbocycles. The SMILES string of the molecule is COC(c1ncc(C#N)c(N)n1)C1CCCCC1. The lowest BCUT2D eigenvalue weighted by Crippen LogP contribution is -2.20. The first-order valence-corrected chi connectivity index (χ1v) is 6.31. The molecule has 1 heterocycles. The number of rotatable bonds is 3. The van der Waals surface area contributed by atoms with E-state index >= 15 is 0 Å². The number of nitriles is 1. The lowest BCUT2D eigenvalue weighted by molar-refractivity contribution is 0.0290. The van der Waals surface area contributed by atoms with Gasteiger partial charge in [-0.3, -0.25) is 0 Å². The fourth-order valence-corrected chi connectivity index (χ4v) is 2.58. The van der Waals surface area contributed by atoms with E-state index in [1.807, 2.05) is 6.07 Å². The average molecular weight is 246 g/mol. The predicted molar refractivity (Wildman–Crippen MR) is 67.5 cm³/mol. The van der Waals surface area contributed by atoms with Gasteiger partial charge in [0.25, 0.3) is 0 Å². The summed E-state index contributed by atoms with van der Waals surface area (Å²) in [7, 11) is 1.68. The molecule has 1 fully saturated rings. The molecule has 1 atom stereocenters. The summed E-state index contributed by atoms with van der Waals surface area (Å²) in [4.78, 5) is 8.43. The summed E-state index contributed by atoms with van der Waals surface area (Å²) in [6.07, 6.45) is 7.41. The largest absolute Gasteiger partial charge is 0.382 e. The highest BCUT2D eigenvalue weighted by Gasteiger charge is 2.27. The Kier molecular flexibility index (Phi) is 4.11. The van der Waals surface area contributed by atoms with Crippen molar-refractivity contribution in [2.24, 2.45) is 5.92 Å². The van der Waals surface area contributed by atoms with E-state index in [0.29, 0.717) is 17.3 Å². The molecule has 96 valence electrons. The summed E-state index contributed by atoms with van der Waals surface area (Å²) < 4.78 is 5.54. The molecule has 1 aliphatic carbocycles. The van der Waals surface area contributed by atoms with Crippen LogP contribution in [0, 0.1) is 17.2 Å². The van der Waals surface area contributed by atoms with Crippen molar-refractivity contribution in [2.75, 3.05) is 12.8 Å². The number of ether oxygens (including phenoxy) is 1. The summed E-state index contributed by atoms with van der Waals surface area (Å²) >= 11 is 0. The van der Waals surface area contributed by atoms with Crippen molar-refractivity contribution in [1.29, 1.82) is 5.26 Å². The Morgan fingerprint density at radius 3 is 2.72 bits per heavy atom.